The highest BCUT2D eigenvalue weighted by atomic mass is 15.1. The Morgan fingerprint density at radius 2 is 1.94 bits per heavy atom. The molecular formula is C16H26N2. The molecule has 1 aromatic carbocycles. The van der Waals surface area contributed by atoms with Gasteiger partial charge in [0.15, 0.2) is 0 Å². The number of rotatable bonds is 3. The molecule has 100 valence electrons. The second-order valence-electron chi connectivity index (χ2n) is 6.29. The zero-order valence-electron chi connectivity index (χ0n) is 11.9. The molecule has 1 aromatic rings. The van der Waals surface area contributed by atoms with Crippen molar-refractivity contribution in [3.05, 3.63) is 35.4 Å². The fourth-order valence-electron chi connectivity index (χ4n) is 2.67. The average Bonchev–Trinajstić information content (AvgIpc) is 2.40. The molecule has 0 unspecified atom stereocenters. The highest BCUT2D eigenvalue weighted by Gasteiger charge is 2.22. The lowest BCUT2D eigenvalue weighted by molar-refractivity contribution is 0.255. The maximum atomic E-state index is 5.88. The quantitative estimate of drug-likeness (QED) is 0.888. The van der Waals surface area contributed by atoms with E-state index in [0.29, 0.717) is 6.54 Å². The van der Waals surface area contributed by atoms with Gasteiger partial charge in [-0.2, -0.15) is 0 Å². The van der Waals surface area contributed by atoms with Crippen LogP contribution in [-0.4, -0.2) is 31.6 Å². The fraction of sp³-hybridized carbons (Fsp3) is 0.625. The molecule has 2 rings (SSSR count). The van der Waals surface area contributed by atoms with Gasteiger partial charge in [-0.1, -0.05) is 38.1 Å². The van der Waals surface area contributed by atoms with Gasteiger partial charge in [0.2, 0.25) is 0 Å². The molecule has 18 heavy (non-hydrogen) atoms. The predicted octanol–water partition coefficient (Wildman–Crippen LogP) is 2.73. The van der Waals surface area contributed by atoms with E-state index < -0.39 is 0 Å². The van der Waals surface area contributed by atoms with Crippen LogP contribution >= 0.6 is 0 Å². The first-order valence-electron chi connectivity index (χ1n) is 7.02. The van der Waals surface area contributed by atoms with E-state index in [1.165, 1.54) is 37.1 Å². The van der Waals surface area contributed by atoms with Gasteiger partial charge in [0.25, 0.3) is 0 Å². The summed E-state index contributed by atoms with van der Waals surface area (Å²) in [7, 11) is 2.21. The Balaban J connectivity index is 2.17. The van der Waals surface area contributed by atoms with Crippen LogP contribution in [0.5, 0.6) is 0 Å². The van der Waals surface area contributed by atoms with Crippen LogP contribution in [0, 0.1) is 0 Å². The topological polar surface area (TPSA) is 29.3 Å². The van der Waals surface area contributed by atoms with Crippen LogP contribution in [-0.2, 0) is 5.41 Å². The van der Waals surface area contributed by atoms with Crippen molar-refractivity contribution in [2.24, 2.45) is 5.73 Å². The van der Waals surface area contributed by atoms with Crippen molar-refractivity contribution in [1.29, 1.82) is 0 Å². The van der Waals surface area contributed by atoms with Gasteiger partial charge in [0.1, 0.15) is 0 Å². The van der Waals surface area contributed by atoms with Crippen LogP contribution in [0.3, 0.4) is 0 Å². The third-order valence-corrected chi connectivity index (χ3v) is 4.37. The molecule has 2 nitrogen and oxygen atoms in total. The van der Waals surface area contributed by atoms with Crippen molar-refractivity contribution in [3.8, 4) is 0 Å². The van der Waals surface area contributed by atoms with Gasteiger partial charge in [-0.25, -0.2) is 0 Å². The Morgan fingerprint density at radius 3 is 2.56 bits per heavy atom. The number of nitrogens with two attached hydrogens (primary N) is 1. The van der Waals surface area contributed by atoms with Gasteiger partial charge in [0, 0.05) is 12.0 Å². The van der Waals surface area contributed by atoms with E-state index in [9.17, 15) is 0 Å². The Morgan fingerprint density at radius 1 is 1.28 bits per heavy atom. The van der Waals surface area contributed by atoms with Crippen molar-refractivity contribution < 1.29 is 0 Å². The lowest BCUT2D eigenvalue weighted by Crippen LogP contribution is -2.30. The minimum atomic E-state index is 0.0848. The predicted molar refractivity (Wildman–Crippen MR) is 78.0 cm³/mol. The number of benzene rings is 1. The fourth-order valence-corrected chi connectivity index (χ4v) is 2.67. The molecule has 1 aliphatic rings. The van der Waals surface area contributed by atoms with Gasteiger partial charge in [-0.15, -0.1) is 0 Å². The minimum Gasteiger partial charge on any atom is -0.330 e. The Kier molecular flexibility index (Phi) is 4.08. The van der Waals surface area contributed by atoms with Crippen molar-refractivity contribution in [2.45, 2.75) is 38.0 Å². The number of hydrogen-bond acceptors (Lipinski definition) is 2. The smallest absolute Gasteiger partial charge is 0.00191 e. The SMILES string of the molecule is CN1CCC(c2cccc(C(C)(C)CN)c2)CC1. The summed E-state index contributed by atoms with van der Waals surface area (Å²) >= 11 is 0. The maximum absolute atomic E-state index is 5.88. The number of likely N-dealkylation sites (tertiary alicyclic amines) is 1. The lowest BCUT2D eigenvalue weighted by atomic mass is 9.81. The zero-order valence-corrected chi connectivity index (χ0v) is 11.9. The second kappa shape index (κ2) is 5.41. The van der Waals surface area contributed by atoms with E-state index in [4.69, 9.17) is 5.73 Å². The molecule has 1 fully saturated rings. The third-order valence-electron chi connectivity index (χ3n) is 4.37. The highest BCUT2D eigenvalue weighted by molar-refractivity contribution is 5.31. The summed E-state index contributed by atoms with van der Waals surface area (Å²) in [5, 5.41) is 0. The molecule has 0 aliphatic carbocycles. The molecule has 0 radical (unpaired) electrons. The Hall–Kier alpha value is -0.860. The van der Waals surface area contributed by atoms with Crippen LogP contribution in [0.1, 0.15) is 43.7 Å². The van der Waals surface area contributed by atoms with Crippen molar-refractivity contribution in [1.82, 2.24) is 4.90 Å². The third kappa shape index (κ3) is 2.93. The highest BCUT2D eigenvalue weighted by Crippen LogP contribution is 2.30. The summed E-state index contributed by atoms with van der Waals surface area (Å²) in [4.78, 5) is 2.42. The number of hydrogen-bond donors (Lipinski definition) is 1. The number of nitrogens with zero attached hydrogens (tertiary/aromatic N) is 1. The van der Waals surface area contributed by atoms with Crippen LogP contribution in [0.4, 0.5) is 0 Å². The monoisotopic (exact) mass is 246 g/mol. The van der Waals surface area contributed by atoms with Gasteiger partial charge in [-0.05, 0) is 50.0 Å². The van der Waals surface area contributed by atoms with Gasteiger partial charge in [0.05, 0.1) is 0 Å². The first-order chi connectivity index (χ1) is 8.53. The van der Waals surface area contributed by atoms with Crippen LogP contribution < -0.4 is 5.73 Å². The summed E-state index contributed by atoms with van der Waals surface area (Å²) in [6.45, 7) is 7.58. The van der Waals surface area contributed by atoms with Crippen LogP contribution in [0.15, 0.2) is 24.3 Å². The van der Waals surface area contributed by atoms with Crippen molar-refractivity contribution in [3.63, 3.8) is 0 Å². The Labute approximate surface area is 111 Å². The van der Waals surface area contributed by atoms with E-state index in [2.05, 4.69) is 50.1 Å². The molecule has 0 amide bonds. The maximum Gasteiger partial charge on any atom is 0.00191 e. The lowest BCUT2D eigenvalue weighted by Gasteiger charge is -2.30. The molecule has 2 N–H and O–H groups in total. The first kappa shape index (κ1) is 13.6. The van der Waals surface area contributed by atoms with E-state index >= 15 is 0 Å². The first-order valence-corrected chi connectivity index (χ1v) is 7.02. The summed E-state index contributed by atoms with van der Waals surface area (Å²) in [6, 6.07) is 9.07. The number of piperidine rings is 1. The van der Waals surface area contributed by atoms with E-state index in [0.717, 1.165) is 5.92 Å². The van der Waals surface area contributed by atoms with Gasteiger partial charge in [-0.3, -0.25) is 0 Å². The van der Waals surface area contributed by atoms with Gasteiger partial charge >= 0.3 is 0 Å². The van der Waals surface area contributed by atoms with E-state index in [1.807, 2.05) is 0 Å². The van der Waals surface area contributed by atoms with E-state index in [1.54, 1.807) is 0 Å². The molecule has 0 spiro atoms. The van der Waals surface area contributed by atoms with Crippen molar-refractivity contribution >= 4 is 0 Å². The molecular weight excluding hydrogens is 220 g/mol. The summed E-state index contributed by atoms with van der Waals surface area (Å²) in [5.74, 6) is 0.731. The minimum absolute atomic E-state index is 0.0848. The summed E-state index contributed by atoms with van der Waals surface area (Å²) < 4.78 is 0. The van der Waals surface area contributed by atoms with E-state index in [-0.39, 0.29) is 5.41 Å². The van der Waals surface area contributed by atoms with Gasteiger partial charge < -0.3 is 10.6 Å². The largest absolute Gasteiger partial charge is 0.330 e. The average molecular weight is 246 g/mol. The molecule has 0 atom stereocenters. The summed E-state index contributed by atoms with van der Waals surface area (Å²) in [6.07, 6.45) is 2.56. The second-order valence-corrected chi connectivity index (χ2v) is 6.29. The molecule has 0 saturated carbocycles. The molecule has 1 aliphatic heterocycles. The molecule has 1 saturated heterocycles. The molecule has 0 aromatic heterocycles. The zero-order chi connectivity index (χ0) is 13.2. The van der Waals surface area contributed by atoms with Crippen molar-refractivity contribution in [2.75, 3.05) is 26.7 Å². The molecule has 2 heteroatoms. The molecule has 1 heterocycles. The Bertz CT molecular complexity index is 390. The normalized spacial score (nSPS) is 19.1. The standard InChI is InChI=1S/C16H26N2/c1-16(2,12-17)15-6-4-5-14(11-15)13-7-9-18(3)10-8-13/h4-6,11,13H,7-10,12,17H2,1-3H3. The van der Waals surface area contributed by atoms with Crippen LogP contribution in [0.25, 0.3) is 0 Å². The van der Waals surface area contributed by atoms with Crippen LogP contribution in [0.2, 0.25) is 0 Å². The molecule has 0 bridgehead atoms. The summed E-state index contributed by atoms with van der Waals surface area (Å²) in [5.41, 5.74) is 8.84.